The first kappa shape index (κ1) is 14.4. The number of aromatic nitrogens is 2. The van der Waals surface area contributed by atoms with Crippen molar-refractivity contribution in [3.8, 4) is 22.8 Å². The van der Waals surface area contributed by atoms with Gasteiger partial charge in [0.15, 0.2) is 11.5 Å². The molecule has 0 bridgehead atoms. The van der Waals surface area contributed by atoms with Crippen LogP contribution >= 0.6 is 0 Å². The minimum atomic E-state index is 0.435. The summed E-state index contributed by atoms with van der Waals surface area (Å²) in [6.45, 7) is 4.95. The molecule has 0 unspecified atom stereocenters. The lowest BCUT2D eigenvalue weighted by Gasteiger charge is -2.08. The Morgan fingerprint density at radius 2 is 1.95 bits per heavy atom. The van der Waals surface area contributed by atoms with E-state index in [2.05, 4.69) is 29.1 Å². The third-order valence-corrected chi connectivity index (χ3v) is 3.00. The van der Waals surface area contributed by atoms with Gasteiger partial charge in [0.1, 0.15) is 5.82 Å². The number of ether oxygens (including phenoxy) is 2. The van der Waals surface area contributed by atoms with Gasteiger partial charge in [0.25, 0.3) is 0 Å². The maximum atomic E-state index is 5.31. The molecule has 2 aromatic rings. The van der Waals surface area contributed by atoms with Crippen LogP contribution in [0.2, 0.25) is 0 Å². The lowest BCUT2D eigenvalue weighted by Crippen LogP contribution is -2.22. The number of hydrogen-bond donors (Lipinski definition) is 2. The molecule has 2 rings (SSSR count). The van der Waals surface area contributed by atoms with E-state index < -0.39 is 0 Å². The van der Waals surface area contributed by atoms with Gasteiger partial charge in [0, 0.05) is 11.6 Å². The SMILES string of the molecule is COc1ccc(-c2cnc(CNC(C)C)[nH]2)cc1OC. The first-order valence-corrected chi connectivity index (χ1v) is 6.63. The molecule has 0 aliphatic rings. The molecule has 0 atom stereocenters. The van der Waals surface area contributed by atoms with Crippen LogP contribution in [0.3, 0.4) is 0 Å². The van der Waals surface area contributed by atoms with Crippen molar-refractivity contribution in [1.82, 2.24) is 15.3 Å². The molecule has 2 N–H and O–H groups in total. The van der Waals surface area contributed by atoms with Gasteiger partial charge in [-0.15, -0.1) is 0 Å². The smallest absolute Gasteiger partial charge is 0.161 e. The van der Waals surface area contributed by atoms with Crippen molar-refractivity contribution in [2.45, 2.75) is 26.4 Å². The molecule has 1 heterocycles. The number of benzene rings is 1. The van der Waals surface area contributed by atoms with Crippen LogP contribution in [0.5, 0.6) is 11.5 Å². The van der Waals surface area contributed by atoms with Crippen molar-refractivity contribution in [2.24, 2.45) is 0 Å². The number of H-pyrrole nitrogens is 1. The van der Waals surface area contributed by atoms with E-state index in [0.717, 1.165) is 29.4 Å². The summed E-state index contributed by atoms with van der Waals surface area (Å²) in [6, 6.07) is 6.24. The van der Waals surface area contributed by atoms with Gasteiger partial charge in [-0.3, -0.25) is 0 Å². The third-order valence-electron chi connectivity index (χ3n) is 3.00. The van der Waals surface area contributed by atoms with E-state index in [9.17, 15) is 0 Å². The summed E-state index contributed by atoms with van der Waals surface area (Å²) >= 11 is 0. The lowest BCUT2D eigenvalue weighted by molar-refractivity contribution is 0.355. The number of imidazole rings is 1. The Morgan fingerprint density at radius 3 is 2.60 bits per heavy atom. The molecular formula is C15H21N3O2. The first-order valence-electron chi connectivity index (χ1n) is 6.63. The molecule has 0 saturated carbocycles. The van der Waals surface area contributed by atoms with Crippen LogP contribution in [0.25, 0.3) is 11.3 Å². The van der Waals surface area contributed by atoms with E-state index in [1.165, 1.54) is 0 Å². The minimum absolute atomic E-state index is 0.435. The van der Waals surface area contributed by atoms with E-state index in [-0.39, 0.29) is 0 Å². The average Bonchev–Trinajstić information content (AvgIpc) is 2.93. The fourth-order valence-corrected chi connectivity index (χ4v) is 1.90. The highest BCUT2D eigenvalue weighted by atomic mass is 16.5. The molecule has 5 nitrogen and oxygen atoms in total. The van der Waals surface area contributed by atoms with Crippen LogP contribution in [-0.4, -0.2) is 30.2 Å². The Kier molecular flexibility index (Phi) is 4.63. The summed E-state index contributed by atoms with van der Waals surface area (Å²) in [4.78, 5) is 7.68. The Morgan fingerprint density at radius 1 is 1.20 bits per heavy atom. The number of nitrogens with zero attached hydrogens (tertiary/aromatic N) is 1. The van der Waals surface area contributed by atoms with Gasteiger partial charge in [-0.1, -0.05) is 13.8 Å². The van der Waals surface area contributed by atoms with Crippen molar-refractivity contribution in [1.29, 1.82) is 0 Å². The Labute approximate surface area is 119 Å². The molecule has 0 aliphatic carbocycles. The number of methoxy groups -OCH3 is 2. The monoisotopic (exact) mass is 275 g/mol. The highest BCUT2D eigenvalue weighted by Crippen LogP contribution is 2.31. The number of aromatic amines is 1. The van der Waals surface area contributed by atoms with Gasteiger partial charge < -0.3 is 19.8 Å². The summed E-state index contributed by atoms with van der Waals surface area (Å²) in [5, 5.41) is 3.33. The van der Waals surface area contributed by atoms with E-state index in [1.807, 2.05) is 24.4 Å². The second-order valence-corrected chi connectivity index (χ2v) is 4.85. The van der Waals surface area contributed by atoms with E-state index in [4.69, 9.17) is 9.47 Å². The van der Waals surface area contributed by atoms with Gasteiger partial charge in [0.2, 0.25) is 0 Å². The van der Waals surface area contributed by atoms with E-state index in [1.54, 1.807) is 14.2 Å². The summed E-state index contributed by atoms with van der Waals surface area (Å²) in [6.07, 6.45) is 1.83. The average molecular weight is 275 g/mol. The predicted octanol–water partition coefficient (Wildman–Crippen LogP) is 2.59. The topological polar surface area (TPSA) is 59.2 Å². The molecule has 1 aromatic heterocycles. The van der Waals surface area contributed by atoms with Gasteiger partial charge >= 0.3 is 0 Å². The van der Waals surface area contributed by atoms with E-state index >= 15 is 0 Å². The lowest BCUT2D eigenvalue weighted by atomic mass is 10.1. The third kappa shape index (κ3) is 3.30. The number of rotatable bonds is 6. The summed E-state index contributed by atoms with van der Waals surface area (Å²) in [5.41, 5.74) is 1.98. The van der Waals surface area contributed by atoms with Crippen LogP contribution in [0, 0.1) is 0 Å². The maximum Gasteiger partial charge on any atom is 0.161 e. The van der Waals surface area contributed by atoms with Gasteiger partial charge in [-0.2, -0.15) is 0 Å². The summed E-state index contributed by atoms with van der Waals surface area (Å²) in [7, 11) is 3.26. The van der Waals surface area contributed by atoms with Crippen molar-refractivity contribution >= 4 is 0 Å². The molecule has 0 radical (unpaired) electrons. The minimum Gasteiger partial charge on any atom is -0.493 e. The Hall–Kier alpha value is -2.01. The molecule has 0 amide bonds. The molecule has 0 saturated heterocycles. The van der Waals surface area contributed by atoms with Gasteiger partial charge in [0.05, 0.1) is 32.7 Å². The molecule has 0 fully saturated rings. The standard InChI is InChI=1S/C15H21N3O2/c1-10(2)16-9-15-17-8-12(18-15)11-5-6-13(19-3)14(7-11)20-4/h5-8,10,16H,9H2,1-4H3,(H,17,18). The zero-order chi connectivity index (χ0) is 14.5. The predicted molar refractivity (Wildman–Crippen MR) is 79.1 cm³/mol. The van der Waals surface area contributed by atoms with Crippen LogP contribution in [-0.2, 0) is 6.54 Å². The van der Waals surface area contributed by atoms with E-state index in [0.29, 0.717) is 11.8 Å². The first-order chi connectivity index (χ1) is 9.63. The normalized spacial score (nSPS) is 10.8. The number of nitrogens with one attached hydrogen (secondary N) is 2. The fourth-order valence-electron chi connectivity index (χ4n) is 1.90. The molecular weight excluding hydrogens is 254 g/mol. The van der Waals surface area contributed by atoms with Gasteiger partial charge in [-0.25, -0.2) is 4.98 Å². The Bertz CT molecular complexity index is 564. The summed E-state index contributed by atoms with van der Waals surface area (Å²) < 4.78 is 10.5. The molecule has 1 aromatic carbocycles. The second-order valence-electron chi connectivity index (χ2n) is 4.85. The van der Waals surface area contributed by atoms with Crippen molar-refractivity contribution < 1.29 is 9.47 Å². The number of hydrogen-bond acceptors (Lipinski definition) is 4. The molecule has 5 heteroatoms. The second kappa shape index (κ2) is 6.43. The van der Waals surface area contributed by atoms with Crippen LogP contribution in [0.4, 0.5) is 0 Å². The van der Waals surface area contributed by atoms with Crippen LogP contribution in [0.15, 0.2) is 24.4 Å². The van der Waals surface area contributed by atoms with Crippen LogP contribution < -0.4 is 14.8 Å². The Balaban J connectivity index is 2.19. The summed E-state index contributed by atoms with van der Waals surface area (Å²) in [5.74, 6) is 2.35. The van der Waals surface area contributed by atoms with Crippen molar-refractivity contribution in [2.75, 3.05) is 14.2 Å². The highest BCUT2D eigenvalue weighted by molar-refractivity contribution is 5.63. The molecule has 0 aliphatic heterocycles. The van der Waals surface area contributed by atoms with Gasteiger partial charge in [-0.05, 0) is 18.2 Å². The quantitative estimate of drug-likeness (QED) is 0.850. The maximum absolute atomic E-state index is 5.31. The zero-order valence-electron chi connectivity index (χ0n) is 12.4. The molecule has 20 heavy (non-hydrogen) atoms. The highest BCUT2D eigenvalue weighted by Gasteiger charge is 2.08. The molecule has 0 spiro atoms. The van der Waals surface area contributed by atoms with Crippen LogP contribution in [0.1, 0.15) is 19.7 Å². The van der Waals surface area contributed by atoms with Crippen molar-refractivity contribution in [3.63, 3.8) is 0 Å². The largest absolute Gasteiger partial charge is 0.493 e. The zero-order valence-corrected chi connectivity index (χ0v) is 12.4. The van der Waals surface area contributed by atoms with Crippen molar-refractivity contribution in [3.05, 3.63) is 30.2 Å². The fraction of sp³-hybridized carbons (Fsp3) is 0.400. The molecule has 108 valence electrons.